The van der Waals surface area contributed by atoms with Gasteiger partial charge in [0.1, 0.15) is 18.6 Å². The highest BCUT2D eigenvalue weighted by Gasteiger charge is 2.45. The molecule has 0 aliphatic carbocycles. The zero-order valence-corrected chi connectivity index (χ0v) is 35.1. The van der Waals surface area contributed by atoms with E-state index in [0.29, 0.717) is 12.1 Å². The molecule has 60 heavy (non-hydrogen) atoms. The van der Waals surface area contributed by atoms with Crippen LogP contribution < -0.4 is 16.1 Å². The maximum atomic E-state index is 14.5. The number of carbonyl (C=O) groups excluding carboxylic acids is 5. The molecule has 15 heteroatoms. The number of hydrogen-bond acceptors (Lipinski definition) is 10. The highest BCUT2D eigenvalue weighted by molar-refractivity contribution is 6.04. The van der Waals surface area contributed by atoms with Crippen molar-refractivity contribution in [3.8, 4) is 11.3 Å². The summed E-state index contributed by atoms with van der Waals surface area (Å²) in [5, 5.41) is 19.4. The van der Waals surface area contributed by atoms with Gasteiger partial charge in [0.25, 0.3) is 11.8 Å². The monoisotopic (exact) mass is 820 g/mol. The fourth-order valence-electron chi connectivity index (χ4n) is 7.05. The van der Waals surface area contributed by atoms with E-state index in [1.54, 1.807) is 56.4 Å². The maximum absolute atomic E-state index is 14.5. The van der Waals surface area contributed by atoms with Crippen LogP contribution in [0.25, 0.3) is 11.3 Å². The Morgan fingerprint density at radius 1 is 0.867 bits per heavy atom. The second-order valence-corrected chi connectivity index (χ2v) is 16.1. The number of nitrogens with one attached hydrogen (secondary N) is 3. The Morgan fingerprint density at radius 2 is 1.53 bits per heavy atom. The van der Waals surface area contributed by atoms with Gasteiger partial charge >= 0.3 is 12.1 Å². The number of benzene rings is 2. The fraction of sp³-hybridized carbons (Fsp3) is 0.400. The lowest BCUT2D eigenvalue weighted by atomic mass is 9.86. The summed E-state index contributed by atoms with van der Waals surface area (Å²) in [6.07, 6.45) is 1.97. The normalized spacial score (nSPS) is 15.5. The number of alkyl carbamates (subject to hydrolysis) is 1. The third-order valence-electron chi connectivity index (χ3n) is 10.5. The van der Waals surface area contributed by atoms with Crippen LogP contribution in [0.1, 0.15) is 57.9 Å². The van der Waals surface area contributed by atoms with Crippen LogP contribution in [-0.2, 0) is 38.6 Å². The molecule has 0 spiro atoms. The average molecular weight is 821 g/mol. The molecule has 0 bridgehead atoms. The number of hydrazine groups is 1. The number of nitrogens with zero attached hydrogens (tertiary/aromatic N) is 5. The van der Waals surface area contributed by atoms with Crippen LogP contribution in [-0.4, -0.2) is 104 Å². The number of aliphatic hydroxyl groups is 1. The Bertz CT molecular complexity index is 2050. The van der Waals surface area contributed by atoms with Crippen molar-refractivity contribution in [1.82, 2.24) is 40.8 Å². The van der Waals surface area contributed by atoms with Gasteiger partial charge in [-0.1, -0.05) is 108 Å². The number of rotatable bonds is 18. The van der Waals surface area contributed by atoms with Gasteiger partial charge in [-0.3, -0.25) is 34.7 Å². The lowest BCUT2D eigenvalue weighted by Gasteiger charge is -2.36. The molecule has 0 unspecified atom stereocenters. The third kappa shape index (κ3) is 11.9. The third-order valence-corrected chi connectivity index (χ3v) is 10.5. The van der Waals surface area contributed by atoms with Gasteiger partial charge in [-0.15, -0.1) is 0 Å². The number of ether oxygens (including phenoxy) is 1. The molecule has 5 atom stereocenters. The number of methoxy groups -OCH3 is 1. The van der Waals surface area contributed by atoms with Gasteiger partial charge in [0.05, 0.1) is 37.2 Å². The molecule has 318 valence electrons. The van der Waals surface area contributed by atoms with Crippen molar-refractivity contribution in [2.75, 3.05) is 20.2 Å². The van der Waals surface area contributed by atoms with Gasteiger partial charge in [-0.05, 0) is 53.1 Å². The lowest BCUT2D eigenvalue weighted by molar-refractivity contribution is -0.133. The number of carbonyl (C=O) groups is 5. The Morgan fingerprint density at radius 3 is 2.13 bits per heavy atom. The molecule has 0 saturated carbocycles. The van der Waals surface area contributed by atoms with Crippen molar-refractivity contribution < 1.29 is 33.8 Å². The molecule has 1 aliphatic rings. The van der Waals surface area contributed by atoms with E-state index in [2.05, 4.69) is 26.0 Å². The van der Waals surface area contributed by atoms with E-state index in [-0.39, 0.29) is 38.5 Å². The first-order valence-electron chi connectivity index (χ1n) is 20.1. The SMILES string of the molecule is CC[C@H](C)[C@@H](C(=O)N[C@@H](Cc1ccccc1)[C@@H](O)CN(Cc1ccc(-c2ccccn2)cc1)NC(=O)[C@@H](NC(=O)OC)C(C)(C)C)N1CC(=O)N(Cc2ccccn2)C1=O. The Kier molecular flexibility index (Phi) is 15.5. The number of hydrogen-bond donors (Lipinski definition) is 4. The molecule has 2 aromatic carbocycles. The smallest absolute Gasteiger partial charge is 0.407 e. The predicted octanol–water partition coefficient (Wildman–Crippen LogP) is 4.72. The quantitative estimate of drug-likeness (QED) is 0.0809. The Balaban J connectivity index is 1.43. The molecule has 5 rings (SSSR count). The van der Waals surface area contributed by atoms with Crippen LogP contribution in [0.3, 0.4) is 0 Å². The summed E-state index contributed by atoms with van der Waals surface area (Å²) >= 11 is 0. The summed E-state index contributed by atoms with van der Waals surface area (Å²) in [5.74, 6) is -1.87. The number of urea groups is 1. The predicted molar refractivity (Wildman–Crippen MR) is 225 cm³/mol. The minimum Gasteiger partial charge on any atom is -0.453 e. The van der Waals surface area contributed by atoms with Crippen molar-refractivity contribution in [1.29, 1.82) is 0 Å². The highest BCUT2D eigenvalue weighted by atomic mass is 16.5. The van der Waals surface area contributed by atoms with E-state index in [1.807, 2.05) is 86.6 Å². The Labute approximate surface area is 351 Å². The molecule has 1 saturated heterocycles. The van der Waals surface area contributed by atoms with E-state index >= 15 is 0 Å². The molecule has 4 aromatic rings. The van der Waals surface area contributed by atoms with Crippen molar-refractivity contribution in [3.05, 3.63) is 120 Å². The van der Waals surface area contributed by atoms with Gasteiger partial charge in [0.15, 0.2) is 0 Å². The van der Waals surface area contributed by atoms with Crippen LogP contribution in [0.2, 0.25) is 0 Å². The average Bonchev–Trinajstić information content (AvgIpc) is 3.50. The number of aromatic nitrogens is 2. The molecule has 1 fully saturated rings. The largest absolute Gasteiger partial charge is 0.453 e. The molecule has 1 aliphatic heterocycles. The van der Waals surface area contributed by atoms with E-state index in [9.17, 15) is 29.1 Å². The van der Waals surface area contributed by atoms with Gasteiger partial charge in [0.2, 0.25) is 5.91 Å². The summed E-state index contributed by atoms with van der Waals surface area (Å²) in [6, 6.07) is 24.3. The first-order valence-corrected chi connectivity index (χ1v) is 20.1. The molecule has 4 N–H and O–H groups in total. The molecular weight excluding hydrogens is 765 g/mol. The topological polar surface area (TPSA) is 186 Å². The van der Waals surface area contributed by atoms with Crippen LogP contribution in [0, 0.1) is 11.3 Å². The minimum absolute atomic E-state index is 0.0299. The van der Waals surface area contributed by atoms with Crippen LogP contribution in [0.15, 0.2) is 103 Å². The van der Waals surface area contributed by atoms with E-state index in [1.165, 1.54) is 12.0 Å². The summed E-state index contributed by atoms with van der Waals surface area (Å²) in [4.78, 5) is 79.0. The first-order chi connectivity index (χ1) is 28.7. The second kappa shape index (κ2) is 20.7. The zero-order valence-electron chi connectivity index (χ0n) is 35.1. The molecule has 15 nitrogen and oxygen atoms in total. The summed E-state index contributed by atoms with van der Waals surface area (Å²) < 4.78 is 4.81. The number of amides is 6. The van der Waals surface area contributed by atoms with Crippen molar-refractivity contribution in [2.24, 2.45) is 11.3 Å². The molecule has 2 aromatic heterocycles. The minimum atomic E-state index is -1.28. The molecule has 3 heterocycles. The lowest BCUT2D eigenvalue weighted by Crippen LogP contribution is -2.60. The van der Waals surface area contributed by atoms with Crippen molar-refractivity contribution in [2.45, 2.75) is 84.8 Å². The first kappa shape index (κ1) is 44.9. The fourth-order valence-corrected chi connectivity index (χ4v) is 7.05. The molecular formula is C45H56N8O7. The Hall–Kier alpha value is -6.19. The van der Waals surface area contributed by atoms with E-state index in [4.69, 9.17) is 4.74 Å². The second-order valence-electron chi connectivity index (χ2n) is 16.1. The summed E-state index contributed by atoms with van der Waals surface area (Å²) in [7, 11) is 1.22. The van der Waals surface area contributed by atoms with Gasteiger partial charge in [-0.25, -0.2) is 14.6 Å². The summed E-state index contributed by atoms with van der Waals surface area (Å²) in [6.45, 7) is 8.82. The molecule has 0 radical (unpaired) electrons. The zero-order chi connectivity index (χ0) is 43.4. The van der Waals surface area contributed by atoms with Crippen molar-refractivity contribution >= 4 is 29.8 Å². The van der Waals surface area contributed by atoms with Crippen LogP contribution in [0.5, 0.6) is 0 Å². The van der Waals surface area contributed by atoms with Gasteiger partial charge in [-0.2, -0.15) is 0 Å². The molecule has 6 amide bonds. The van der Waals surface area contributed by atoms with Crippen LogP contribution >= 0.6 is 0 Å². The van der Waals surface area contributed by atoms with Crippen LogP contribution in [0.4, 0.5) is 9.59 Å². The van der Waals surface area contributed by atoms with E-state index < -0.39 is 59.5 Å². The number of aliphatic hydroxyl groups excluding tert-OH is 1. The van der Waals surface area contributed by atoms with Gasteiger partial charge < -0.3 is 25.4 Å². The van der Waals surface area contributed by atoms with E-state index in [0.717, 1.165) is 27.3 Å². The highest BCUT2D eigenvalue weighted by Crippen LogP contribution is 2.25. The number of pyridine rings is 2. The van der Waals surface area contributed by atoms with Gasteiger partial charge in [0, 0.05) is 31.0 Å². The van der Waals surface area contributed by atoms with Crippen molar-refractivity contribution in [3.63, 3.8) is 0 Å². The maximum Gasteiger partial charge on any atom is 0.407 e. The standard InChI is InChI=1S/C45H56N8O7/c1-7-30(2)39(53-29-38(55)52(44(53)59)27-34-17-11-13-23-46-34)41(56)48-36(25-31-15-9-8-10-16-31)37(54)28-51(50-42(57)40(45(3,4)5)49-43(58)60-6)26-32-19-21-33(22-20-32)35-18-12-14-24-47-35/h8-24,30,36-37,39-40,54H,7,25-29H2,1-6H3,(H,48,56)(H,49,58)(H,50,57)/t30-,36-,37-,39-,40+/m0/s1. The number of imide groups is 1. The summed E-state index contributed by atoms with van der Waals surface area (Å²) in [5.41, 5.74) is 6.03.